The van der Waals surface area contributed by atoms with Crippen molar-refractivity contribution in [3.05, 3.63) is 64.9 Å². The zero-order valence-corrected chi connectivity index (χ0v) is 14.0. The third-order valence-corrected chi connectivity index (χ3v) is 3.55. The molecule has 1 N–H and O–H groups in total. The molecule has 0 atom stereocenters. The standard InChI is InChI=1S/C19H19FO5/c1-3-13-10-18(15(21)11-16(22)19(23)24-4-2)25-17(13)9-12-5-7-14(20)8-6-12/h5-8,10-11,21H,3-4,9H2,1-2H3/b15-11-. The van der Waals surface area contributed by atoms with E-state index in [1.165, 1.54) is 12.1 Å². The minimum Gasteiger partial charge on any atom is -0.504 e. The average Bonchev–Trinajstić information content (AvgIpc) is 3.00. The molecule has 0 saturated heterocycles. The Morgan fingerprint density at radius 3 is 2.52 bits per heavy atom. The fraction of sp³-hybridized carbons (Fsp3) is 0.263. The molecule has 0 radical (unpaired) electrons. The van der Waals surface area contributed by atoms with Crippen LogP contribution in [-0.2, 0) is 27.2 Å². The molecular weight excluding hydrogens is 327 g/mol. The fourth-order valence-electron chi connectivity index (χ4n) is 2.29. The van der Waals surface area contributed by atoms with Crippen molar-refractivity contribution in [2.24, 2.45) is 0 Å². The lowest BCUT2D eigenvalue weighted by molar-refractivity contribution is -0.151. The van der Waals surface area contributed by atoms with Gasteiger partial charge in [-0.15, -0.1) is 0 Å². The summed E-state index contributed by atoms with van der Waals surface area (Å²) in [5.41, 5.74) is 1.70. The Labute approximate surface area is 144 Å². The highest BCUT2D eigenvalue weighted by molar-refractivity contribution is 6.39. The highest BCUT2D eigenvalue weighted by Crippen LogP contribution is 2.24. The first-order chi connectivity index (χ1) is 11.9. The number of carbonyl (C=O) groups excluding carboxylic acids is 2. The second kappa shape index (κ2) is 8.28. The predicted molar refractivity (Wildman–Crippen MR) is 89.5 cm³/mol. The van der Waals surface area contributed by atoms with Crippen molar-refractivity contribution in [1.82, 2.24) is 0 Å². The summed E-state index contributed by atoms with van der Waals surface area (Å²) in [7, 11) is 0. The van der Waals surface area contributed by atoms with Crippen molar-refractivity contribution < 1.29 is 28.2 Å². The Kier molecular flexibility index (Phi) is 6.11. The first-order valence-corrected chi connectivity index (χ1v) is 7.92. The summed E-state index contributed by atoms with van der Waals surface area (Å²) in [5.74, 6) is -2.08. The molecular formula is C19H19FO5. The SMILES string of the molecule is CCOC(=O)C(=O)/C=C(\O)c1cc(CC)c(Cc2ccc(F)cc2)o1. The van der Waals surface area contributed by atoms with Crippen LogP contribution in [0.1, 0.15) is 36.5 Å². The van der Waals surface area contributed by atoms with Crippen LogP contribution >= 0.6 is 0 Å². The molecule has 6 heteroatoms. The normalized spacial score (nSPS) is 11.4. The van der Waals surface area contributed by atoms with E-state index in [0.717, 1.165) is 17.2 Å². The third kappa shape index (κ3) is 4.79. The topological polar surface area (TPSA) is 76.7 Å². The Morgan fingerprint density at radius 1 is 1.24 bits per heavy atom. The Morgan fingerprint density at radius 2 is 1.92 bits per heavy atom. The fourth-order valence-corrected chi connectivity index (χ4v) is 2.29. The quantitative estimate of drug-likeness (QED) is 0.359. The number of hydrogen-bond acceptors (Lipinski definition) is 5. The van der Waals surface area contributed by atoms with E-state index in [0.29, 0.717) is 18.6 Å². The van der Waals surface area contributed by atoms with Gasteiger partial charge in [0, 0.05) is 12.5 Å². The summed E-state index contributed by atoms with van der Waals surface area (Å²) in [5, 5.41) is 10.0. The van der Waals surface area contributed by atoms with Crippen molar-refractivity contribution in [3.63, 3.8) is 0 Å². The summed E-state index contributed by atoms with van der Waals surface area (Å²) < 4.78 is 23.2. The molecule has 0 unspecified atom stereocenters. The van der Waals surface area contributed by atoms with Crippen LogP contribution in [0.25, 0.3) is 5.76 Å². The van der Waals surface area contributed by atoms with Gasteiger partial charge in [0.05, 0.1) is 6.61 Å². The molecule has 0 amide bonds. The van der Waals surface area contributed by atoms with E-state index in [4.69, 9.17) is 4.42 Å². The number of ether oxygens (including phenoxy) is 1. The van der Waals surface area contributed by atoms with Crippen LogP contribution in [0.15, 0.2) is 40.8 Å². The van der Waals surface area contributed by atoms with Gasteiger partial charge in [0.2, 0.25) is 0 Å². The summed E-state index contributed by atoms with van der Waals surface area (Å²) in [6.07, 6.45) is 1.85. The lowest BCUT2D eigenvalue weighted by atomic mass is 10.1. The number of halogens is 1. The predicted octanol–water partition coefficient (Wildman–Crippen LogP) is 3.60. The molecule has 0 fully saturated rings. The summed E-state index contributed by atoms with van der Waals surface area (Å²) >= 11 is 0. The number of benzene rings is 1. The smallest absolute Gasteiger partial charge is 0.379 e. The van der Waals surface area contributed by atoms with Crippen LogP contribution in [0.4, 0.5) is 4.39 Å². The van der Waals surface area contributed by atoms with E-state index < -0.39 is 17.5 Å². The Balaban J connectivity index is 2.22. The minimum atomic E-state index is -1.04. The van der Waals surface area contributed by atoms with E-state index in [1.807, 2.05) is 6.92 Å². The van der Waals surface area contributed by atoms with Crippen molar-refractivity contribution in [1.29, 1.82) is 0 Å². The monoisotopic (exact) mass is 346 g/mol. The number of furan rings is 1. The van der Waals surface area contributed by atoms with Gasteiger partial charge in [-0.3, -0.25) is 4.79 Å². The lowest BCUT2D eigenvalue weighted by Crippen LogP contribution is -2.15. The van der Waals surface area contributed by atoms with E-state index in [2.05, 4.69) is 4.74 Å². The number of aliphatic hydroxyl groups excluding tert-OH is 1. The lowest BCUT2D eigenvalue weighted by Gasteiger charge is -2.01. The largest absolute Gasteiger partial charge is 0.504 e. The first kappa shape index (κ1) is 18.4. The third-order valence-electron chi connectivity index (χ3n) is 3.55. The van der Waals surface area contributed by atoms with Gasteiger partial charge < -0.3 is 14.3 Å². The number of rotatable bonds is 7. The number of hydrogen-bond donors (Lipinski definition) is 1. The highest BCUT2D eigenvalue weighted by atomic mass is 19.1. The second-order valence-corrected chi connectivity index (χ2v) is 5.33. The Bertz CT molecular complexity index is 787. The van der Waals surface area contributed by atoms with Crippen LogP contribution in [0.3, 0.4) is 0 Å². The van der Waals surface area contributed by atoms with Crippen LogP contribution in [-0.4, -0.2) is 23.5 Å². The van der Waals surface area contributed by atoms with Crippen LogP contribution in [0, 0.1) is 5.82 Å². The van der Waals surface area contributed by atoms with Gasteiger partial charge in [-0.2, -0.15) is 0 Å². The summed E-state index contributed by atoms with van der Waals surface area (Å²) in [6.45, 7) is 3.57. The van der Waals surface area contributed by atoms with Gasteiger partial charge in [0.25, 0.3) is 5.78 Å². The van der Waals surface area contributed by atoms with Crippen LogP contribution in [0.2, 0.25) is 0 Å². The molecule has 25 heavy (non-hydrogen) atoms. The summed E-state index contributed by atoms with van der Waals surface area (Å²) in [6, 6.07) is 7.64. The number of aliphatic hydroxyl groups is 1. The number of aryl methyl sites for hydroxylation is 1. The average molecular weight is 346 g/mol. The molecule has 0 saturated carbocycles. The van der Waals surface area contributed by atoms with E-state index in [1.54, 1.807) is 25.1 Å². The van der Waals surface area contributed by atoms with Gasteiger partial charge in [-0.05, 0) is 42.7 Å². The van der Waals surface area contributed by atoms with Gasteiger partial charge >= 0.3 is 5.97 Å². The molecule has 0 spiro atoms. The molecule has 0 aliphatic carbocycles. The number of esters is 1. The van der Waals surface area contributed by atoms with Crippen LogP contribution < -0.4 is 0 Å². The maximum atomic E-state index is 13.0. The molecule has 2 aromatic rings. The zero-order valence-electron chi connectivity index (χ0n) is 14.0. The van der Waals surface area contributed by atoms with Gasteiger partial charge in [0.15, 0.2) is 11.5 Å². The summed E-state index contributed by atoms with van der Waals surface area (Å²) in [4.78, 5) is 22.9. The first-order valence-electron chi connectivity index (χ1n) is 7.92. The number of carbonyl (C=O) groups is 2. The molecule has 0 aliphatic heterocycles. The molecule has 1 aromatic heterocycles. The van der Waals surface area contributed by atoms with E-state index in [9.17, 15) is 19.1 Å². The van der Waals surface area contributed by atoms with Gasteiger partial charge in [0.1, 0.15) is 11.6 Å². The van der Waals surface area contributed by atoms with Crippen molar-refractivity contribution >= 4 is 17.5 Å². The molecule has 132 valence electrons. The molecule has 0 bridgehead atoms. The molecule has 1 heterocycles. The van der Waals surface area contributed by atoms with Gasteiger partial charge in [-0.25, -0.2) is 9.18 Å². The number of ketones is 1. The molecule has 0 aliphatic rings. The van der Waals surface area contributed by atoms with Crippen molar-refractivity contribution in [3.8, 4) is 0 Å². The Hall–Kier alpha value is -2.89. The van der Waals surface area contributed by atoms with Crippen molar-refractivity contribution in [2.45, 2.75) is 26.7 Å². The van der Waals surface area contributed by atoms with E-state index in [-0.39, 0.29) is 18.2 Å². The maximum absolute atomic E-state index is 13.0. The van der Waals surface area contributed by atoms with Crippen LogP contribution in [0.5, 0.6) is 0 Å². The minimum absolute atomic E-state index is 0.0712. The van der Waals surface area contributed by atoms with E-state index >= 15 is 0 Å². The zero-order chi connectivity index (χ0) is 18.4. The van der Waals surface area contributed by atoms with Crippen molar-refractivity contribution in [2.75, 3.05) is 6.61 Å². The molecule has 5 nitrogen and oxygen atoms in total. The van der Waals surface area contributed by atoms with Gasteiger partial charge in [-0.1, -0.05) is 19.1 Å². The maximum Gasteiger partial charge on any atom is 0.379 e. The molecule has 2 rings (SSSR count). The highest BCUT2D eigenvalue weighted by Gasteiger charge is 2.17. The second-order valence-electron chi connectivity index (χ2n) is 5.33. The molecule has 1 aromatic carbocycles.